The van der Waals surface area contributed by atoms with Crippen LogP contribution in [0.4, 0.5) is 0 Å². The van der Waals surface area contributed by atoms with E-state index in [9.17, 15) is 4.79 Å². The van der Waals surface area contributed by atoms with Crippen LogP contribution in [0.25, 0.3) is 0 Å². The summed E-state index contributed by atoms with van der Waals surface area (Å²) in [5, 5.41) is 3.31. The van der Waals surface area contributed by atoms with Crippen LogP contribution in [0, 0.1) is 5.92 Å². The number of likely N-dealkylation sites (tertiary alicyclic amines) is 1. The van der Waals surface area contributed by atoms with Gasteiger partial charge in [-0.3, -0.25) is 9.69 Å². The Kier molecular flexibility index (Phi) is 5.37. The molecule has 5 nitrogen and oxygen atoms in total. The maximum absolute atomic E-state index is 12.4. The van der Waals surface area contributed by atoms with E-state index in [4.69, 9.17) is 11.5 Å². The van der Waals surface area contributed by atoms with Crippen molar-refractivity contribution in [2.75, 3.05) is 13.1 Å². The summed E-state index contributed by atoms with van der Waals surface area (Å²) in [4.78, 5) is 14.8. The molecule has 3 rings (SSSR count). The Balaban J connectivity index is 1.46. The lowest BCUT2D eigenvalue weighted by Crippen LogP contribution is -2.55. The van der Waals surface area contributed by atoms with Gasteiger partial charge in [-0.05, 0) is 38.5 Å². The molecular weight excluding hydrogens is 276 g/mol. The van der Waals surface area contributed by atoms with Crippen molar-refractivity contribution in [3.8, 4) is 0 Å². The molecule has 0 bridgehead atoms. The molecular formula is C17H32N4O. The summed E-state index contributed by atoms with van der Waals surface area (Å²) in [6.45, 7) is 1.92. The highest BCUT2D eigenvalue weighted by atomic mass is 16.1. The van der Waals surface area contributed by atoms with Crippen molar-refractivity contribution in [1.82, 2.24) is 10.2 Å². The van der Waals surface area contributed by atoms with Gasteiger partial charge in [-0.2, -0.15) is 0 Å². The molecule has 22 heavy (non-hydrogen) atoms. The van der Waals surface area contributed by atoms with Crippen molar-refractivity contribution in [2.45, 2.75) is 82.0 Å². The summed E-state index contributed by atoms with van der Waals surface area (Å²) in [7, 11) is 0. The summed E-state index contributed by atoms with van der Waals surface area (Å²) in [5.41, 5.74) is 12.2. The van der Waals surface area contributed by atoms with E-state index in [1.807, 2.05) is 0 Å². The second-order valence-corrected chi connectivity index (χ2v) is 7.72. The van der Waals surface area contributed by atoms with Gasteiger partial charge in [0.25, 0.3) is 0 Å². The highest BCUT2D eigenvalue weighted by molar-refractivity contribution is 5.79. The van der Waals surface area contributed by atoms with Crippen molar-refractivity contribution in [3.63, 3.8) is 0 Å². The van der Waals surface area contributed by atoms with Crippen LogP contribution >= 0.6 is 0 Å². The first kappa shape index (κ1) is 16.2. The maximum atomic E-state index is 12.4. The van der Waals surface area contributed by atoms with Crippen molar-refractivity contribution >= 4 is 5.91 Å². The van der Waals surface area contributed by atoms with Gasteiger partial charge in [0.2, 0.25) is 5.91 Å². The summed E-state index contributed by atoms with van der Waals surface area (Å²) in [6, 6.07) is 1.32. The van der Waals surface area contributed by atoms with Crippen LogP contribution in [0.2, 0.25) is 0 Å². The standard InChI is InChI=1S/C17H32N4O/c18-13-8-14(19)11-21(10-13)16-7-6-15(9-16)20-17(22)12-4-2-1-3-5-12/h12-16H,1-11,18-19H2,(H,20,22)/t13-,14+,15-,16?/m0/s1. The summed E-state index contributed by atoms with van der Waals surface area (Å²) in [5.74, 6) is 0.571. The zero-order chi connectivity index (χ0) is 15.5. The number of nitrogens with two attached hydrogens (primary N) is 2. The lowest BCUT2D eigenvalue weighted by atomic mass is 9.88. The fourth-order valence-electron chi connectivity index (χ4n) is 4.62. The average Bonchev–Trinajstić information content (AvgIpc) is 2.96. The van der Waals surface area contributed by atoms with E-state index in [1.165, 1.54) is 19.3 Å². The quantitative estimate of drug-likeness (QED) is 0.725. The third kappa shape index (κ3) is 4.00. The number of rotatable bonds is 3. The number of amides is 1. The zero-order valence-electron chi connectivity index (χ0n) is 13.7. The SMILES string of the molecule is N[C@@H]1C[C@H](N)CN(C2CC[C@H](NC(=O)C3CCCCC3)C2)C1. The van der Waals surface area contributed by atoms with Crippen LogP contribution in [-0.2, 0) is 4.79 Å². The predicted molar refractivity (Wildman–Crippen MR) is 88.3 cm³/mol. The number of carbonyl (C=O) groups is 1. The molecule has 0 aromatic rings. The molecule has 0 spiro atoms. The summed E-state index contributed by atoms with van der Waals surface area (Å²) in [6.07, 6.45) is 10.2. The Bertz CT molecular complexity index is 373. The lowest BCUT2D eigenvalue weighted by molar-refractivity contribution is -0.126. The van der Waals surface area contributed by atoms with Gasteiger partial charge in [0.05, 0.1) is 0 Å². The minimum atomic E-state index is 0.208. The van der Waals surface area contributed by atoms with Crippen molar-refractivity contribution in [1.29, 1.82) is 0 Å². The molecule has 0 aromatic carbocycles. The first-order chi connectivity index (χ1) is 10.6. The maximum Gasteiger partial charge on any atom is 0.223 e. The zero-order valence-corrected chi connectivity index (χ0v) is 13.7. The van der Waals surface area contributed by atoms with Crippen molar-refractivity contribution < 1.29 is 4.79 Å². The van der Waals surface area contributed by atoms with E-state index in [0.29, 0.717) is 18.0 Å². The minimum absolute atomic E-state index is 0.208. The molecule has 126 valence electrons. The van der Waals surface area contributed by atoms with Gasteiger partial charge in [-0.15, -0.1) is 0 Å². The lowest BCUT2D eigenvalue weighted by Gasteiger charge is -2.38. The van der Waals surface area contributed by atoms with Crippen LogP contribution < -0.4 is 16.8 Å². The Labute approximate surface area is 134 Å². The number of hydrogen-bond donors (Lipinski definition) is 3. The molecule has 1 unspecified atom stereocenters. The smallest absolute Gasteiger partial charge is 0.223 e. The van der Waals surface area contributed by atoms with Gasteiger partial charge in [0, 0.05) is 43.2 Å². The molecule has 0 radical (unpaired) electrons. The van der Waals surface area contributed by atoms with Gasteiger partial charge in [0.1, 0.15) is 0 Å². The van der Waals surface area contributed by atoms with E-state index in [-0.39, 0.29) is 18.0 Å². The highest BCUT2D eigenvalue weighted by Crippen LogP contribution is 2.28. The molecule has 0 aromatic heterocycles. The first-order valence-electron chi connectivity index (χ1n) is 9.17. The monoisotopic (exact) mass is 308 g/mol. The molecule has 3 fully saturated rings. The van der Waals surface area contributed by atoms with E-state index in [2.05, 4.69) is 10.2 Å². The van der Waals surface area contributed by atoms with E-state index in [1.54, 1.807) is 0 Å². The number of carbonyl (C=O) groups excluding carboxylic acids is 1. The second-order valence-electron chi connectivity index (χ2n) is 7.72. The number of nitrogens with one attached hydrogen (secondary N) is 1. The average molecular weight is 308 g/mol. The van der Waals surface area contributed by atoms with Crippen LogP contribution in [0.3, 0.4) is 0 Å². The topological polar surface area (TPSA) is 84.4 Å². The Morgan fingerprint density at radius 3 is 2.27 bits per heavy atom. The Morgan fingerprint density at radius 2 is 1.59 bits per heavy atom. The third-order valence-electron chi connectivity index (χ3n) is 5.79. The first-order valence-corrected chi connectivity index (χ1v) is 9.17. The normalized spacial score (nSPS) is 38.1. The fraction of sp³-hybridized carbons (Fsp3) is 0.941. The third-order valence-corrected chi connectivity index (χ3v) is 5.79. The molecule has 1 aliphatic heterocycles. The minimum Gasteiger partial charge on any atom is -0.353 e. The number of hydrogen-bond acceptors (Lipinski definition) is 4. The van der Waals surface area contributed by atoms with Crippen molar-refractivity contribution in [3.05, 3.63) is 0 Å². The molecule has 4 atom stereocenters. The molecule has 1 saturated heterocycles. The van der Waals surface area contributed by atoms with Crippen LogP contribution in [0.1, 0.15) is 57.8 Å². The predicted octanol–water partition coefficient (Wildman–Crippen LogP) is 0.964. The Morgan fingerprint density at radius 1 is 0.909 bits per heavy atom. The number of piperidine rings is 1. The van der Waals surface area contributed by atoms with Gasteiger partial charge in [-0.25, -0.2) is 0 Å². The van der Waals surface area contributed by atoms with E-state index in [0.717, 1.165) is 51.6 Å². The molecule has 5 heteroatoms. The molecule has 2 saturated carbocycles. The molecule has 5 N–H and O–H groups in total. The second kappa shape index (κ2) is 7.28. The van der Waals surface area contributed by atoms with Gasteiger partial charge >= 0.3 is 0 Å². The van der Waals surface area contributed by atoms with Gasteiger partial charge < -0.3 is 16.8 Å². The van der Waals surface area contributed by atoms with Crippen LogP contribution in [-0.4, -0.2) is 48.1 Å². The molecule has 3 aliphatic rings. The molecule has 1 heterocycles. The van der Waals surface area contributed by atoms with E-state index < -0.39 is 0 Å². The highest BCUT2D eigenvalue weighted by Gasteiger charge is 2.34. The largest absolute Gasteiger partial charge is 0.353 e. The van der Waals surface area contributed by atoms with Crippen molar-refractivity contribution in [2.24, 2.45) is 17.4 Å². The van der Waals surface area contributed by atoms with Gasteiger partial charge in [0.15, 0.2) is 0 Å². The summed E-state index contributed by atoms with van der Waals surface area (Å²) >= 11 is 0. The van der Waals surface area contributed by atoms with Crippen LogP contribution in [0.15, 0.2) is 0 Å². The van der Waals surface area contributed by atoms with Crippen LogP contribution in [0.5, 0.6) is 0 Å². The summed E-state index contributed by atoms with van der Waals surface area (Å²) < 4.78 is 0. The van der Waals surface area contributed by atoms with E-state index >= 15 is 0 Å². The molecule has 2 aliphatic carbocycles. The molecule has 1 amide bonds. The number of nitrogens with zero attached hydrogens (tertiary/aromatic N) is 1. The van der Waals surface area contributed by atoms with Gasteiger partial charge in [-0.1, -0.05) is 19.3 Å². The Hall–Kier alpha value is -0.650. The fourth-order valence-corrected chi connectivity index (χ4v) is 4.62.